The van der Waals surface area contributed by atoms with Crippen molar-refractivity contribution in [2.75, 3.05) is 26.4 Å². The van der Waals surface area contributed by atoms with E-state index in [0.29, 0.717) is 13.0 Å². The van der Waals surface area contributed by atoms with E-state index in [1.54, 1.807) is 0 Å². The van der Waals surface area contributed by atoms with Gasteiger partial charge in [-0.15, -0.1) is 0 Å². The van der Waals surface area contributed by atoms with Crippen LogP contribution in [-0.2, 0) is 6.42 Å². The molecule has 1 rings (SSSR count). The topological polar surface area (TPSA) is 61.7 Å². The zero-order chi connectivity index (χ0) is 13.2. The lowest BCUT2D eigenvalue weighted by atomic mass is 10.1. The highest BCUT2D eigenvalue weighted by Crippen LogP contribution is 2.12. The van der Waals surface area contributed by atoms with Crippen LogP contribution in [0, 0.1) is 0 Å². The molecule has 102 valence electrons. The zero-order valence-electron chi connectivity index (χ0n) is 10.9. The summed E-state index contributed by atoms with van der Waals surface area (Å²) in [6.45, 7) is 3.60. The molecule has 0 bridgehead atoms. The molecule has 18 heavy (non-hydrogen) atoms. The highest BCUT2D eigenvalue weighted by Gasteiger charge is 2.04. The molecule has 0 saturated heterocycles. The molecule has 0 aliphatic heterocycles. The van der Waals surface area contributed by atoms with Crippen molar-refractivity contribution in [3.8, 4) is 5.75 Å². The van der Waals surface area contributed by atoms with Crippen LogP contribution in [0.2, 0.25) is 0 Å². The van der Waals surface area contributed by atoms with Gasteiger partial charge in [0, 0.05) is 12.6 Å². The van der Waals surface area contributed by atoms with Gasteiger partial charge in [0.1, 0.15) is 5.75 Å². The smallest absolute Gasteiger partial charge is 0.119 e. The molecule has 0 amide bonds. The highest BCUT2D eigenvalue weighted by atomic mass is 16.5. The lowest BCUT2D eigenvalue weighted by Crippen LogP contribution is -2.34. The van der Waals surface area contributed by atoms with Gasteiger partial charge in [0.25, 0.3) is 0 Å². The fourth-order valence-corrected chi connectivity index (χ4v) is 1.75. The second kappa shape index (κ2) is 8.91. The van der Waals surface area contributed by atoms with Gasteiger partial charge in [-0.25, -0.2) is 0 Å². The van der Waals surface area contributed by atoms with Crippen LogP contribution in [-0.4, -0.2) is 42.6 Å². The molecule has 4 heteroatoms. The summed E-state index contributed by atoms with van der Waals surface area (Å²) in [5.41, 5.74) is 1.23. The average molecular weight is 253 g/mol. The number of hydrogen-bond acceptors (Lipinski definition) is 4. The van der Waals surface area contributed by atoms with Crippen molar-refractivity contribution in [2.45, 2.75) is 25.8 Å². The maximum absolute atomic E-state index is 9.06. The summed E-state index contributed by atoms with van der Waals surface area (Å²) in [6.07, 6.45) is 1.48. The monoisotopic (exact) mass is 253 g/mol. The number of aliphatic hydroxyl groups excluding tert-OH is 2. The number of nitrogens with one attached hydrogen (secondary N) is 1. The van der Waals surface area contributed by atoms with Gasteiger partial charge in [-0.05, 0) is 44.0 Å². The third-order valence-electron chi connectivity index (χ3n) is 2.78. The van der Waals surface area contributed by atoms with Crippen molar-refractivity contribution in [3.63, 3.8) is 0 Å². The van der Waals surface area contributed by atoms with Crippen molar-refractivity contribution < 1.29 is 14.9 Å². The molecular weight excluding hydrogens is 230 g/mol. The number of rotatable bonds is 9. The summed E-state index contributed by atoms with van der Waals surface area (Å²) in [7, 11) is 0. The fraction of sp³-hybridized carbons (Fsp3) is 0.571. The Morgan fingerprint density at radius 3 is 2.50 bits per heavy atom. The van der Waals surface area contributed by atoms with Crippen LogP contribution in [0.1, 0.15) is 18.9 Å². The quantitative estimate of drug-likeness (QED) is 0.613. The molecule has 0 radical (unpaired) electrons. The standard InChI is InChI=1S/C14H23NO3/c1-2-18-14-5-3-12(4-6-14)7-9-15-13(11-17)8-10-16/h3-6,13,15-17H,2,7-11H2,1H3. The Morgan fingerprint density at radius 2 is 1.94 bits per heavy atom. The van der Waals surface area contributed by atoms with E-state index in [-0.39, 0.29) is 19.3 Å². The molecule has 4 nitrogen and oxygen atoms in total. The molecular formula is C14H23NO3. The van der Waals surface area contributed by atoms with Crippen molar-refractivity contribution >= 4 is 0 Å². The van der Waals surface area contributed by atoms with Gasteiger partial charge in [0.15, 0.2) is 0 Å². The molecule has 0 aliphatic rings. The Bertz CT molecular complexity index is 313. The summed E-state index contributed by atoms with van der Waals surface area (Å²) < 4.78 is 5.38. The van der Waals surface area contributed by atoms with Crippen LogP contribution in [0.5, 0.6) is 5.75 Å². The van der Waals surface area contributed by atoms with Crippen molar-refractivity contribution in [1.29, 1.82) is 0 Å². The van der Waals surface area contributed by atoms with Crippen molar-refractivity contribution in [2.24, 2.45) is 0 Å². The molecule has 3 N–H and O–H groups in total. The minimum Gasteiger partial charge on any atom is -0.494 e. The minimum absolute atomic E-state index is 0.0160. The molecule has 1 atom stereocenters. The lowest BCUT2D eigenvalue weighted by molar-refractivity contribution is 0.201. The SMILES string of the molecule is CCOc1ccc(CCNC(CO)CCO)cc1. The molecule has 1 unspecified atom stereocenters. The highest BCUT2D eigenvalue weighted by molar-refractivity contribution is 5.27. The fourth-order valence-electron chi connectivity index (χ4n) is 1.75. The predicted molar refractivity (Wildman–Crippen MR) is 71.9 cm³/mol. The van der Waals surface area contributed by atoms with Crippen molar-refractivity contribution in [3.05, 3.63) is 29.8 Å². The Balaban J connectivity index is 2.30. The van der Waals surface area contributed by atoms with E-state index in [1.165, 1.54) is 5.56 Å². The van der Waals surface area contributed by atoms with Gasteiger partial charge in [0.05, 0.1) is 13.2 Å². The number of ether oxygens (including phenoxy) is 1. The van der Waals surface area contributed by atoms with Gasteiger partial charge >= 0.3 is 0 Å². The molecule has 0 aromatic heterocycles. The molecule has 0 saturated carbocycles. The third kappa shape index (κ3) is 5.49. The van der Waals surface area contributed by atoms with Gasteiger partial charge in [-0.3, -0.25) is 0 Å². The van der Waals surface area contributed by atoms with Gasteiger partial charge in [-0.2, -0.15) is 0 Å². The first-order valence-corrected chi connectivity index (χ1v) is 6.47. The van der Waals surface area contributed by atoms with Crippen LogP contribution in [0.4, 0.5) is 0 Å². The largest absolute Gasteiger partial charge is 0.494 e. The van der Waals surface area contributed by atoms with E-state index in [2.05, 4.69) is 5.32 Å². The first kappa shape index (κ1) is 15.0. The van der Waals surface area contributed by atoms with Crippen molar-refractivity contribution in [1.82, 2.24) is 5.32 Å². The van der Waals surface area contributed by atoms with E-state index in [0.717, 1.165) is 18.7 Å². The van der Waals surface area contributed by atoms with Gasteiger partial charge < -0.3 is 20.3 Å². The van der Waals surface area contributed by atoms with Crippen LogP contribution in [0.15, 0.2) is 24.3 Å². The average Bonchev–Trinajstić information content (AvgIpc) is 2.40. The van der Waals surface area contributed by atoms with E-state index >= 15 is 0 Å². The summed E-state index contributed by atoms with van der Waals surface area (Å²) in [5.74, 6) is 0.891. The lowest BCUT2D eigenvalue weighted by Gasteiger charge is -2.14. The first-order valence-electron chi connectivity index (χ1n) is 6.47. The maximum Gasteiger partial charge on any atom is 0.119 e. The Hall–Kier alpha value is -1.10. The second-order valence-corrected chi connectivity index (χ2v) is 4.17. The normalized spacial score (nSPS) is 12.4. The van der Waals surface area contributed by atoms with E-state index in [4.69, 9.17) is 14.9 Å². The zero-order valence-corrected chi connectivity index (χ0v) is 10.9. The van der Waals surface area contributed by atoms with E-state index in [1.807, 2.05) is 31.2 Å². The van der Waals surface area contributed by atoms with E-state index in [9.17, 15) is 0 Å². The van der Waals surface area contributed by atoms with Crippen LogP contribution < -0.4 is 10.1 Å². The summed E-state index contributed by atoms with van der Waals surface area (Å²) in [5, 5.41) is 21.1. The number of aliphatic hydroxyl groups is 2. The molecule has 0 aliphatic carbocycles. The maximum atomic E-state index is 9.06. The predicted octanol–water partition coefficient (Wildman–Crippen LogP) is 0.961. The number of benzene rings is 1. The minimum atomic E-state index is -0.0160. The molecule has 0 fully saturated rings. The van der Waals surface area contributed by atoms with Crippen LogP contribution >= 0.6 is 0 Å². The summed E-state index contributed by atoms with van der Waals surface area (Å²) >= 11 is 0. The summed E-state index contributed by atoms with van der Waals surface area (Å²) in [4.78, 5) is 0. The van der Waals surface area contributed by atoms with E-state index < -0.39 is 0 Å². The number of hydrogen-bond donors (Lipinski definition) is 3. The molecule has 1 aromatic carbocycles. The van der Waals surface area contributed by atoms with Crippen LogP contribution in [0.25, 0.3) is 0 Å². The molecule has 1 aromatic rings. The Morgan fingerprint density at radius 1 is 1.22 bits per heavy atom. The second-order valence-electron chi connectivity index (χ2n) is 4.17. The Kier molecular flexibility index (Phi) is 7.41. The molecule has 0 heterocycles. The molecule has 0 spiro atoms. The van der Waals surface area contributed by atoms with Gasteiger partial charge in [0.2, 0.25) is 0 Å². The van der Waals surface area contributed by atoms with Crippen LogP contribution in [0.3, 0.4) is 0 Å². The Labute approximate surface area is 109 Å². The first-order chi connectivity index (χ1) is 8.80. The summed E-state index contributed by atoms with van der Waals surface area (Å²) in [6, 6.07) is 8.02. The van der Waals surface area contributed by atoms with Gasteiger partial charge in [-0.1, -0.05) is 12.1 Å². The third-order valence-corrected chi connectivity index (χ3v) is 2.78.